The van der Waals surface area contributed by atoms with Gasteiger partial charge in [-0.15, -0.1) is 0 Å². The Labute approximate surface area is 87.9 Å². The molecule has 1 N–H and O–H groups in total. The summed E-state index contributed by atoms with van der Waals surface area (Å²) < 4.78 is 0.273. The maximum Gasteiger partial charge on any atom is 0.286 e. The quantitative estimate of drug-likeness (QED) is 0.487. The number of aromatic hydroxyl groups is 1. The van der Waals surface area contributed by atoms with Crippen molar-refractivity contribution in [3.8, 4) is 12.3 Å². The smallest absolute Gasteiger partial charge is 0.286 e. The molecular formula is C7H5IN2O3. The summed E-state index contributed by atoms with van der Waals surface area (Å²) in [6.45, 7) is 3.50. The number of nitro benzene ring substituents is 1. The van der Waals surface area contributed by atoms with Crippen LogP contribution in [0.15, 0.2) is 18.2 Å². The molecule has 0 saturated carbocycles. The van der Waals surface area contributed by atoms with Crippen molar-refractivity contribution in [2.24, 2.45) is 0 Å². The molecule has 0 aliphatic heterocycles. The maximum atomic E-state index is 10.3. The molecule has 0 aliphatic carbocycles. The Morgan fingerprint density at radius 3 is 2.46 bits per heavy atom. The minimum Gasteiger partial charge on any atom is -0.507 e. The van der Waals surface area contributed by atoms with Crippen LogP contribution in [0.2, 0.25) is 0 Å². The van der Waals surface area contributed by atoms with Crippen LogP contribution >= 0.6 is 22.6 Å². The molecule has 0 radical (unpaired) electrons. The van der Waals surface area contributed by atoms with E-state index in [1.807, 2.05) is 0 Å². The average Bonchev–Trinajstić information content (AvgIpc) is 2.13. The zero-order valence-corrected chi connectivity index (χ0v) is 8.50. The van der Waals surface area contributed by atoms with Crippen LogP contribution in [0.25, 0.3) is 0 Å². The average molecular weight is 292 g/mol. The Bertz CT molecular complexity index is 338. The van der Waals surface area contributed by atoms with Crippen molar-refractivity contribution in [3.05, 3.63) is 31.9 Å². The van der Waals surface area contributed by atoms with Crippen LogP contribution in [0.1, 0.15) is 0 Å². The van der Waals surface area contributed by atoms with Crippen LogP contribution in [0.3, 0.4) is 0 Å². The van der Waals surface area contributed by atoms with Gasteiger partial charge in [-0.25, -0.2) is 5.26 Å². The van der Waals surface area contributed by atoms with Crippen LogP contribution in [-0.4, -0.2) is 10.0 Å². The molecule has 0 heterocycles. The zero-order chi connectivity index (χ0) is 10.4. The summed E-state index contributed by atoms with van der Waals surface area (Å²) in [5.41, 5.74) is -0.0643. The largest absolute Gasteiger partial charge is 0.507 e. The van der Waals surface area contributed by atoms with Crippen molar-refractivity contribution in [3.63, 3.8) is 0 Å². The number of nitriles is 1. The maximum absolute atomic E-state index is 10.3. The minimum atomic E-state index is -0.526. The van der Waals surface area contributed by atoms with E-state index in [9.17, 15) is 10.1 Å². The molecular weight excluding hydrogens is 287 g/mol. The molecule has 5 nitrogen and oxygen atoms in total. The fourth-order valence-corrected chi connectivity index (χ4v) is 1.21. The molecule has 0 saturated heterocycles. The first kappa shape index (κ1) is 11.6. The normalized spacial score (nSPS) is 8.23. The zero-order valence-electron chi connectivity index (χ0n) is 6.35. The van der Waals surface area contributed by atoms with E-state index in [0.717, 1.165) is 0 Å². The highest BCUT2D eigenvalue weighted by Crippen LogP contribution is 2.27. The monoisotopic (exact) mass is 292 g/mol. The van der Waals surface area contributed by atoms with Crippen molar-refractivity contribution < 1.29 is 10.0 Å². The van der Waals surface area contributed by atoms with Crippen LogP contribution in [-0.2, 0) is 0 Å². The number of hydrogen-bond acceptors (Lipinski definition) is 4. The lowest BCUT2D eigenvalue weighted by Crippen LogP contribution is -1.90. The van der Waals surface area contributed by atoms with E-state index in [-0.39, 0.29) is 15.0 Å². The van der Waals surface area contributed by atoms with Gasteiger partial charge in [0.05, 0.1) is 4.92 Å². The second-order valence-electron chi connectivity index (χ2n) is 1.87. The summed E-state index contributed by atoms with van der Waals surface area (Å²) in [6.07, 6.45) is 0. The molecule has 6 heteroatoms. The number of halogens is 1. The highest BCUT2D eigenvalue weighted by Gasteiger charge is 2.13. The van der Waals surface area contributed by atoms with Crippen molar-refractivity contribution in [2.75, 3.05) is 0 Å². The predicted molar refractivity (Wildman–Crippen MR) is 54.1 cm³/mol. The molecule has 0 unspecified atom stereocenters. The summed E-state index contributed by atoms with van der Waals surface area (Å²) in [5, 5.41) is 25.8. The van der Waals surface area contributed by atoms with Gasteiger partial charge in [0.15, 0.2) is 0 Å². The molecule has 1 aromatic rings. The molecule has 1 aromatic carbocycles. The third kappa shape index (κ3) is 2.87. The standard InChI is InChI=1S/C6H4INO3.CHN/c7-6-4(8(10)11)2-1-3-5(6)9;1-2/h1-3,9H;1H. The van der Waals surface area contributed by atoms with E-state index < -0.39 is 4.92 Å². The van der Waals surface area contributed by atoms with Gasteiger partial charge < -0.3 is 5.11 Å². The highest BCUT2D eigenvalue weighted by atomic mass is 127. The lowest BCUT2D eigenvalue weighted by molar-refractivity contribution is -0.385. The Kier molecular flexibility index (Phi) is 4.76. The fourth-order valence-electron chi connectivity index (χ4n) is 0.649. The summed E-state index contributed by atoms with van der Waals surface area (Å²) in [4.78, 5) is 9.74. The van der Waals surface area contributed by atoms with E-state index in [2.05, 4.69) is 6.57 Å². The number of phenols is 1. The molecule has 0 bridgehead atoms. The Morgan fingerprint density at radius 1 is 1.54 bits per heavy atom. The van der Waals surface area contributed by atoms with Gasteiger partial charge >= 0.3 is 0 Å². The third-order valence-electron chi connectivity index (χ3n) is 1.15. The number of rotatable bonds is 1. The first-order chi connectivity index (χ1) is 6.13. The number of nitrogens with zero attached hydrogens (tertiary/aromatic N) is 2. The summed E-state index contributed by atoms with van der Waals surface area (Å²) in [5.74, 6) is -0.0557. The molecule has 13 heavy (non-hydrogen) atoms. The molecule has 0 spiro atoms. The minimum absolute atomic E-state index is 0.0557. The summed E-state index contributed by atoms with van der Waals surface area (Å²) in [7, 11) is 0. The first-order valence-electron chi connectivity index (χ1n) is 3.00. The number of phenolic OH excluding ortho intramolecular Hbond substituents is 1. The van der Waals surface area contributed by atoms with Crippen molar-refractivity contribution >= 4 is 28.3 Å². The van der Waals surface area contributed by atoms with Gasteiger partial charge in [-0.2, -0.15) is 0 Å². The molecule has 68 valence electrons. The molecule has 0 aliphatic rings. The molecule has 0 amide bonds. The van der Waals surface area contributed by atoms with Crippen molar-refractivity contribution in [1.29, 1.82) is 5.26 Å². The Balaban J connectivity index is 0.000000671. The van der Waals surface area contributed by atoms with E-state index >= 15 is 0 Å². The fraction of sp³-hybridized carbons (Fsp3) is 0. The van der Waals surface area contributed by atoms with Crippen LogP contribution < -0.4 is 0 Å². The van der Waals surface area contributed by atoms with Gasteiger partial charge in [-0.3, -0.25) is 10.1 Å². The van der Waals surface area contributed by atoms with Gasteiger partial charge in [-0.05, 0) is 28.7 Å². The number of benzene rings is 1. The van der Waals surface area contributed by atoms with Crippen LogP contribution in [0.4, 0.5) is 5.69 Å². The van der Waals surface area contributed by atoms with E-state index in [0.29, 0.717) is 0 Å². The second kappa shape index (κ2) is 5.31. The lowest BCUT2D eigenvalue weighted by Gasteiger charge is -1.95. The highest BCUT2D eigenvalue weighted by molar-refractivity contribution is 14.1. The van der Waals surface area contributed by atoms with Gasteiger partial charge in [0.1, 0.15) is 9.32 Å². The van der Waals surface area contributed by atoms with Gasteiger partial charge in [-0.1, -0.05) is 6.07 Å². The van der Waals surface area contributed by atoms with E-state index in [1.54, 1.807) is 22.6 Å². The van der Waals surface area contributed by atoms with E-state index in [4.69, 9.17) is 10.4 Å². The first-order valence-corrected chi connectivity index (χ1v) is 4.08. The Hall–Kier alpha value is -1.36. The molecule has 0 fully saturated rings. The van der Waals surface area contributed by atoms with Gasteiger partial charge in [0.25, 0.3) is 5.69 Å². The number of nitro groups is 1. The molecule has 0 aromatic heterocycles. The van der Waals surface area contributed by atoms with Crippen molar-refractivity contribution in [2.45, 2.75) is 0 Å². The van der Waals surface area contributed by atoms with Gasteiger partial charge in [0.2, 0.25) is 0 Å². The number of hydrogen-bond donors (Lipinski definition) is 1. The van der Waals surface area contributed by atoms with Crippen LogP contribution in [0.5, 0.6) is 5.75 Å². The molecule has 1 rings (SSSR count). The third-order valence-corrected chi connectivity index (χ3v) is 2.26. The molecule has 0 atom stereocenters. The second-order valence-corrected chi connectivity index (χ2v) is 2.95. The van der Waals surface area contributed by atoms with Crippen LogP contribution in [0, 0.1) is 25.5 Å². The lowest BCUT2D eigenvalue weighted by atomic mass is 10.3. The van der Waals surface area contributed by atoms with Gasteiger partial charge in [0, 0.05) is 12.6 Å². The van der Waals surface area contributed by atoms with E-state index in [1.165, 1.54) is 18.2 Å². The SMILES string of the molecule is C#N.O=[N+]([O-])c1cccc(O)c1I. The van der Waals surface area contributed by atoms with Crippen molar-refractivity contribution in [1.82, 2.24) is 0 Å². The summed E-state index contributed by atoms with van der Waals surface area (Å²) >= 11 is 1.73. The predicted octanol–water partition coefficient (Wildman–Crippen LogP) is 2.04. The summed E-state index contributed by atoms with van der Waals surface area (Å²) in [6, 6.07) is 4.20. The Morgan fingerprint density at radius 2 is 2.08 bits per heavy atom. The topological polar surface area (TPSA) is 87.2 Å².